The molecule has 1 atom stereocenters. The normalized spacial score (nSPS) is 29.2. The molecule has 0 aromatic carbocycles. The highest BCUT2D eigenvalue weighted by molar-refractivity contribution is 14.2. The molecular weight excluding hydrogens is 299 g/mol. The Labute approximate surface area is 99.9 Å². The molecule has 0 fully saturated rings. The third-order valence-corrected chi connectivity index (χ3v) is 4.62. The van der Waals surface area contributed by atoms with E-state index in [9.17, 15) is 5.11 Å². The fourth-order valence-corrected chi connectivity index (χ4v) is 3.33. The molecule has 1 N–H and O–H groups in total. The molecule has 1 nitrogen and oxygen atoms in total. The first-order valence-electron chi connectivity index (χ1n) is 4.82. The molecule has 0 bridgehead atoms. The van der Waals surface area contributed by atoms with Crippen LogP contribution in [0.25, 0.3) is 0 Å². The van der Waals surface area contributed by atoms with Crippen molar-refractivity contribution in [2.75, 3.05) is 0 Å². The Bertz CT molecular complexity index is 431. The zero-order valence-electron chi connectivity index (χ0n) is 8.52. The van der Waals surface area contributed by atoms with Crippen LogP contribution in [0.1, 0.15) is 6.92 Å². The van der Waals surface area contributed by atoms with Crippen molar-refractivity contribution in [1.29, 1.82) is 0 Å². The lowest BCUT2D eigenvalue weighted by molar-refractivity contribution is 0.164. The maximum atomic E-state index is 9.83. The average molecular weight is 312 g/mol. The molecule has 0 saturated carbocycles. The second-order valence-corrected chi connectivity index (χ2v) is 6.18. The molecule has 2 rings (SSSR count). The minimum absolute atomic E-state index is 0.00580. The molecule has 0 spiro atoms. The van der Waals surface area contributed by atoms with Gasteiger partial charge in [-0.2, -0.15) is 0 Å². The number of allylic oxidation sites excluding steroid dienone is 8. The average Bonchev–Trinajstić information content (AvgIpc) is 2.41. The smallest absolute Gasteiger partial charge is 0.0986 e. The van der Waals surface area contributed by atoms with Gasteiger partial charge in [0.05, 0.1) is 5.60 Å². The highest BCUT2D eigenvalue weighted by Crippen LogP contribution is 2.28. The van der Waals surface area contributed by atoms with Gasteiger partial charge in [-0.3, -0.25) is 0 Å². The summed E-state index contributed by atoms with van der Waals surface area (Å²) >= 11 is -0.00580. The molecule has 0 aromatic heterocycles. The first-order valence-corrected chi connectivity index (χ1v) is 7.15. The van der Waals surface area contributed by atoms with Gasteiger partial charge in [0.15, 0.2) is 0 Å². The lowest BCUT2D eigenvalue weighted by Gasteiger charge is -2.11. The molecule has 1 aliphatic heterocycles. The quantitative estimate of drug-likeness (QED) is 0.738. The number of rotatable bonds is 1. The molecule has 2 aliphatic rings. The van der Waals surface area contributed by atoms with Crippen LogP contribution in [0, 0.1) is 0 Å². The summed E-state index contributed by atoms with van der Waals surface area (Å²) in [7, 11) is 0. The number of hydrogen-bond donors (Lipinski definition) is 1. The van der Waals surface area contributed by atoms with Gasteiger partial charge in [-0.05, 0) is 34.7 Å². The van der Waals surface area contributed by atoms with Gasteiger partial charge >= 0.3 is 0 Å². The van der Waals surface area contributed by atoms with Crippen molar-refractivity contribution >= 4 is 24.7 Å². The molecule has 15 heavy (non-hydrogen) atoms. The van der Waals surface area contributed by atoms with Crippen LogP contribution >= 0.6 is 20.7 Å². The molecule has 0 amide bonds. The van der Waals surface area contributed by atoms with Crippen molar-refractivity contribution in [1.82, 2.24) is 0 Å². The Kier molecular flexibility index (Phi) is 3.17. The van der Waals surface area contributed by atoms with Crippen molar-refractivity contribution in [2.24, 2.45) is 0 Å². The van der Waals surface area contributed by atoms with Crippen LogP contribution in [0.15, 0.2) is 57.8 Å². The van der Waals surface area contributed by atoms with E-state index in [-0.39, 0.29) is 20.7 Å². The fraction of sp³-hybridized carbons (Fsp3) is 0.154. The van der Waals surface area contributed by atoms with Gasteiger partial charge < -0.3 is 5.11 Å². The van der Waals surface area contributed by atoms with E-state index in [0.29, 0.717) is 0 Å². The largest absolute Gasteiger partial charge is 0.382 e. The molecule has 78 valence electrons. The van der Waals surface area contributed by atoms with E-state index in [2.05, 4.69) is 28.3 Å². The summed E-state index contributed by atoms with van der Waals surface area (Å²) in [5.74, 6) is 0. The van der Waals surface area contributed by atoms with Crippen LogP contribution in [0.3, 0.4) is 0 Å². The third-order valence-electron chi connectivity index (χ3n) is 2.19. The Hall–Kier alpha value is -0.740. The second-order valence-electron chi connectivity index (χ2n) is 3.67. The molecule has 0 radical (unpaired) electrons. The van der Waals surface area contributed by atoms with E-state index in [0.717, 1.165) is 0 Å². The highest BCUT2D eigenvalue weighted by atomic mass is 127. The predicted octanol–water partition coefficient (Wildman–Crippen LogP) is 3.02. The van der Waals surface area contributed by atoms with Gasteiger partial charge in [0.2, 0.25) is 0 Å². The monoisotopic (exact) mass is 312 g/mol. The zero-order valence-corrected chi connectivity index (χ0v) is 10.7. The Morgan fingerprint density at radius 3 is 2.73 bits per heavy atom. The Balaban J connectivity index is 2.30. The van der Waals surface area contributed by atoms with Gasteiger partial charge in [-0.15, -0.1) is 0 Å². The number of aliphatic hydroxyl groups is 1. The molecular formula is C13H13IO. The first-order chi connectivity index (χ1) is 7.17. The molecule has 1 aliphatic carbocycles. The topological polar surface area (TPSA) is 20.2 Å². The molecule has 0 saturated heterocycles. The van der Waals surface area contributed by atoms with Gasteiger partial charge in [0.1, 0.15) is 0 Å². The van der Waals surface area contributed by atoms with Crippen LogP contribution in [-0.4, -0.2) is 14.7 Å². The molecule has 2 heteroatoms. The maximum Gasteiger partial charge on any atom is 0.0986 e. The van der Waals surface area contributed by atoms with E-state index >= 15 is 0 Å². The number of halogens is 1. The van der Waals surface area contributed by atoms with E-state index in [1.54, 1.807) is 13.0 Å². The van der Waals surface area contributed by atoms with Crippen LogP contribution in [0.2, 0.25) is 0 Å². The van der Waals surface area contributed by atoms with Crippen molar-refractivity contribution in [3.63, 3.8) is 0 Å². The standard InChI is InChI=1S/C13H13IO/c1-13(15)8-4-5-11(7-9-13)12-6-2-3-10-14-12/h2-10,15H,1H3. The summed E-state index contributed by atoms with van der Waals surface area (Å²) in [4.78, 5) is 0. The van der Waals surface area contributed by atoms with E-state index in [1.807, 2.05) is 18.2 Å². The zero-order chi connectivity index (χ0) is 10.7. The predicted molar refractivity (Wildman–Crippen MR) is 74.3 cm³/mol. The Morgan fingerprint density at radius 1 is 1.13 bits per heavy atom. The van der Waals surface area contributed by atoms with Crippen LogP contribution < -0.4 is 0 Å². The van der Waals surface area contributed by atoms with Gasteiger partial charge in [0, 0.05) is 3.58 Å². The van der Waals surface area contributed by atoms with Crippen LogP contribution in [0.5, 0.6) is 0 Å². The summed E-state index contributed by atoms with van der Waals surface area (Å²) < 4.78 is 3.64. The van der Waals surface area contributed by atoms with E-state index in [1.165, 1.54) is 9.15 Å². The fourth-order valence-electron chi connectivity index (χ4n) is 1.36. The van der Waals surface area contributed by atoms with E-state index < -0.39 is 5.60 Å². The summed E-state index contributed by atoms with van der Waals surface area (Å²) in [5.41, 5.74) is 0.406. The van der Waals surface area contributed by atoms with Crippen molar-refractivity contribution < 1.29 is 5.11 Å². The lowest BCUT2D eigenvalue weighted by atomic mass is 10.1. The Morgan fingerprint density at radius 2 is 2.00 bits per heavy atom. The van der Waals surface area contributed by atoms with Crippen molar-refractivity contribution in [2.45, 2.75) is 12.5 Å². The number of hydrogen-bond acceptors (Lipinski definition) is 1. The molecule has 0 aromatic rings. The van der Waals surface area contributed by atoms with Gasteiger partial charge in [0.25, 0.3) is 0 Å². The SMILES string of the molecule is CC1(O)C=CC=C(C2=CC=CC=I2)C=C1. The second kappa shape index (κ2) is 4.41. The van der Waals surface area contributed by atoms with E-state index in [4.69, 9.17) is 0 Å². The van der Waals surface area contributed by atoms with Crippen LogP contribution in [0.4, 0.5) is 0 Å². The van der Waals surface area contributed by atoms with Gasteiger partial charge in [-0.25, -0.2) is 0 Å². The van der Waals surface area contributed by atoms with Crippen molar-refractivity contribution in [3.05, 3.63) is 57.8 Å². The maximum absolute atomic E-state index is 9.83. The third kappa shape index (κ3) is 2.86. The molecule has 1 unspecified atom stereocenters. The summed E-state index contributed by atoms with van der Waals surface area (Å²) in [6.45, 7) is 1.78. The lowest BCUT2D eigenvalue weighted by Crippen LogP contribution is -2.15. The molecule has 1 heterocycles. The highest BCUT2D eigenvalue weighted by Gasteiger charge is 2.13. The summed E-state index contributed by atoms with van der Waals surface area (Å²) in [6.07, 6.45) is 16.0. The van der Waals surface area contributed by atoms with Crippen LogP contribution in [-0.2, 0) is 0 Å². The van der Waals surface area contributed by atoms with Crippen molar-refractivity contribution in [3.8, 4) is 0 Å². The minimum atomic E-state index is -0.814. The first kappa shape index (κ1) is 10.8. The summed E-state index contributed by atoms with van der Waals surface area (Å²) in [6, 6.07) is 0. The van der Waals surface area contributed by atoms with Gasteiger partial charge in [-0.1, -0.05) is 51.1 Å². The minimum Gasteiger partial charge on any atom is -0.382 e. The summed E-state index contributed by atoms with van der Waals surface area (Å²) in [5, 5.41) is 9.83.